The average Bonchev–Trinajstić information content (AvgIpc) is 2.01. The van der Waals surface area contributed by atoms with Crippen LogP contribution < -0.4 is 4.72 Å². The van der Waals surface area contributed by atoms with Crippen LogP contribution in [0.3, 0.4) is 0 Å². The van der Waals surface area contributed by atoms with Gasteiger partial charge < -0.3 is 0 Å². The molecule has 0 fully saturated rings. The number of benzene rings is 1. The first-order valence-corrected chi connectivity index (χ1v) is 5.57. The maximum absolute atomic E-state index is 12.9. The fourth-order valence-corrected chi connectivity index (χ4v) is 2.59. The Morgan fingerprint density at radius 2 is 1.64 bits per heavy atom. The Bertz CT molecular complexity index is 431. The highest BCUT2D eigenvalue weighted by Crippen LogP contribution is 2.20. The van der Waals surface area contributed by atoms with Crippen LogP contribution in [0.15, 0.2) is 17.0 Å². The SMILES string of the molecule is CNS(=O)(=O)c1c(C)cc(F)cc1C. The molecule has 0 amide bonds. The van der Waals surface area contributed by atoms with Crippen molar-refractivity contribution in [3.05, 3.63) is 29.1 Å². The third-order valence-corrected chi connectivity index (χ3v) is 3.68. The molecule has 0 heterocycles. The summed E-state index contributed by atoms with van der Waals surface area (Å²) in [6.07, 6.45) is 0. The molecule has 0 aliphatic carbocycles. The molecule has 5 heteroatoms. The topological polar surface area (TPSA) is 46.2 Å². The minimum Gasteiger partial charge on any atom is -0.214 e. The van der Waals surface area contributed by atoms with Crippen molar-refractivity contribution in [1.82, 2.24) is 4.72 Å². The predicted molar refractivity (Wildman–Crippen MR) is 52.1 cm³/mol. The molecule has 0 spiro atoms. The van der Waals surface area contributed by atoms with E-state index in [1.54, 1.807) is 13.8 Å². The first-order valence-electron chi connectivity index (χ1n) is 4.09. The van der Waals surface area contributed by atoms with Gasteiger partial charge in [0, 0.05) is 0 Å². The summed E-state index contributed by atoms with van der Waals surface area (Å²) in [6, 6.07) is 2.41. The summed E-state index contributed by atoms with van der Waals surface area (Å²) >= 11 is 0. The zero-order valence-corrected chi connectivity index (χ0v) is 9.07. The van der Waals surface area contributed by atoms with E-state index in [9.17, 15) is 12.8 Å². The summed E-state index contributed by atoms with van der Waals surface area (Å²) in [5.41, 5.74) is 0.828. The van der Waals surface area contributed by atoms with Crippen molar-refractivity contribution < 1.29 is 12.8 Å². The van der Waals surface area contributed by atoms with Gasteiger partial charge >= 0.3 is 0 Å². The zero-order valence-electron chi connectivity index (χ0n) is 8.26. The van der Waals surface area contributed by atoms with Gasteiger partial charge in [0.05, 0.1) is 4.90 Å². The summed E-state index contributed by atoms with van der Waals surface area (Å²) in [5.74, 6) is -0.421. The molecule has 1 N–H and O–H groups in total. The summed E-state index contributed by atoms with van der Waals surface area (Å²) in [6.45, 7) is 3.14. The fourth-order valence-electron chi connectivity index (χ4n) is 1.42. The van der Waals surface area contributed by atoms with Gasteiger partial charge in [-0.1, -0.05) is 0 Å². The van der Waals surface area contributed by atoms with Gasteiger partial charge in [-0.05, 0) is 44.2 Å². The number of nitrogens with one attached hydrogen (secondary N) is 1. The Morgan fingerprint density at radius 1 is 1.21 bits per heavy atom. The smallest absolute Gasteiger partial charge is 0.214 e. The standard InChI is InChI=1S/C9H12FNO2S/c1-6-4-8(10)5-7(2)9(6)14(12,13)11-3/h4-5,11H,1-3H3. The highest BCUT2D eigenvalue weighted by atomic mass is 32.2. The molecular formula is C9H12FNO2S. The average molecular weight is 217 g/mol. The fraction of sp³-hybridized carbons (Fsp3) is 0.333. The molecule has 3 nitrogen and oxygen atoms in total. The minimum atomic E-state index is -3.49. The zero-order chi connectivity index (χ0) is 10.9. The molecule has 0 atom stereocenters. The van der Waals surface area contributed by atoms with Crippen LogP contribution in [0.5, 0.6) is 0 Å². The molecular weight excluding hydrogens is 205 g/mol. The van der Waals surface area contributed by atoms with Gasteiger partial charge in [-0.3, -0.25) is 0 Å². The first-order chi connectivity index (χ1) is 6.38. The quantitative estimate of drug-likeness (QED) is 0.812. The molecule has 0 aliphatic heterocycles. The van der Waals surface area contributed by atoms with Gasteiger partial charge in [-0.2, -0.15) is 0 Å². The molecule has 14 heavy (non-hydrogen) atoms. The van der Waals surface area contributed by atoms with E-state index in [0.717, 1.165) is 0 Å². The van der Waals surface area contributed by atoms with E-state index in [1.807, 2.05) is 0 Å². The largest absolute Gasteiger partial charge is 0.240 e. The first kappa shape index (κ1) is 11.1. The van der Waals surface area contributed by atoms with Crippen molar-refractivity contribution >= 4 is 10.0 Å². The molecule has 1 rings (SSSR count). The second-order valence-corrected chi connectivity index (χ2v) is 4.90. The summed E-state index contributed by atoms with van der Waals surface area (Å²) in [7, 11) is -2.16. The number of hydrogen-bond acceptors (Lipinski definition) is 2. The molecule has 1 aromatic carbocycles. The Hall–Kier alpha value is -0.940. The molecule has 1 aromatic rings. The van der Waals surface area contributed by atoms with Crippen molar-refractivity contribution in [2.45, 2.75) is 18.7 Å². The van der Waals surface area contributed by atoms with Crippen LogP contribution in [-0.2, 0) is 10.0 Å². The van der Waals surface area contributed by atoms with Crippen LogP contribution in [0.1, 0.15) is 11.1 Å². The lowest BCUT2D eigenvalue weighted by molar-refractivity contribution is 0.585. The minimum absolute atomic E-state index is 0.154. The van der Waals surface area contributed by atoms with Gasteiger partial charge in [0.25, 0.3) is 0 Å². The van der Waals surface area contributed by atoms with Crippen LogP contribution in [0.4, 0.5) is 4.39 Å². The normalized spacial score (nSPS) is 11.7. The molecule has 0 radical (unpaired) electrons. The van der Waals surface area contributed by atoms with Gasteiger partial charge in [0.15, 0.2) is 0 Å². The van der Waals surface area contributed by atoms with E-state index in [-0.39, 0.29) is 4.90 Å². The Labute approximate surface area is 83.0 Å². The Balaban J connectivity index is 3.51. The number of sulfonamides is 1. The lowest BCUT2D eigenvalue weighted by atomic mass is 10.1. The lowest BCUT2D eigenvalue weighted by Crippen LogP contribution is -2.20. The molecule has 0 aromatic heterocycles. The molecule has 0 bridgehead atoms. The van der Waals surface area contributed by atoms with Crippen LogP contribution in [0, 0.1) is 19.7 Å². The highest BCUT2D eigenvalue weighted by molar-refractivity contribution is 7.89. The second kappa shape index (κ2) is 3.67. The van der Waals surface area contributed by atoms with Crippen molar-refractivity contribution in [3.63, 3.8) is 0 Å². The van der Waals surface area contributed by atoms with E-state index in [0.29, 0.717) is 11.1 Å². The second-order valence-electron chi connectivity index (χ2n) is 3.08. The maximum atomic E-state index is 12.9. The van der Waals surface area contributed by atoms with Crippen molar-refractivity contribution in [3.8, 4) is 0 Å². The Morgan fingerprint density at radius 3 is 2.00 bits per heavy atom. The number of halogens is 1. The van der Waals surface area contributed by atoms with E-state index in [1.165, 1.54) is 19.2 Å². The van der Waals surface area contributed by atoms with Crippen molar-refractivity contribution in [2.24, 2.45) is 0 Å². The van der Waals surface area contributed by atoms with Crippen molar-refractivity contribution in [1.29, 1.82) is 0 Å². The maximum Gasteiger partial charge on any atom is 0.240 e. The molecule has 0 aliphatic rings. The summed E-state index contributed by atoms with van der Waals surface area (Å²) in [5, 5.41) is 0. The summed E-state index contributed by atoms with van der Waals surface area (Å²) in [4.78, 5) is 0.154. The highest BCUT2D eigenvalue weighted by Gasteiger charge is 2.17. The number of rotatable bonds is 2. The summed E-state index contributed by atoms with van der Waals surface area (Å²) < 4.78 is 38.1. The van der Waals surface area contributed by atoms with E-state index in [2.05, 4.69) is 4.72 Å². The monoisotopic (exact) mass is 217 g/mol. The van der Waals surface area contributed by atoms with Crippen molar-refractivity contribution in [2.75, 3.05) is 7.05 Å². The lowest BCUT2D eigenvalue weighted by Gasteiger charge is -2.09. The Kier molecular flexibility index (Phi) is 2.92. The van der Waals surface area contributed by atoms with E-state index in [4.69, 9.17) is 0 Å². The molecule has 0 unspecified atom stereocenters. The molecule has 0 saturated carbocycles. The van der Waals surface area contributed by atoms with Gasteiger partial charge in [-0.15, -0.1) is 0 Å². The van der Waals surface area contributed by atoms with Gasteiger partial charge in [0.2, 0.25) is 10.0 Å². The van der Waals surface area contributed by atoms with Crippen LogP contribution in [0.25, 0.3) is 0 Å². The molecule has 0 saturated heterocycles. The van der Waals surface area contributed by atoms with Crippen LogP contribution in [0.2, 0.25) is 0 Å². The third kappa shape index (κ3) is 1.93. The van der Waals surface area contributed by atoms with Crippen LogP contribution in [-0.4, -0.2) is 15.5 Å². The van der Waals surface area contributed by atoms with Crippen LogP contribution >= 0.6 is 0 Å². The van der Waals surface area contributed by atoms with E-state index >= 15 is 0 Å². The third-order valence-electron chi connectivity index (χ3n) is 1.96. The predicted octanol–water partition coefficient (Wildman–Crippen LogP) is 1.35. The van der Waals surface area contributed by atoms with Gasteiger partial charge in [0.1, 0.15) is 5.82 Å². The van der Waals surface area contributed by atoms with E-state index < -0.39 is 15.8 Å². The molecule has 78 valence electrons. The van der Waals surface area contributed by atoms with Gasteiger partial charge in [-0.25, -0.2) is 17.5 Å². The number of hydrogen-bond donors (Lipinski definition) is 1. The number of aryl methyl sites for hydroxylation is 2.